The maximum absolute atomic E-state index is 12.8. The van der Waals surface area contributed by atoms with Gasteiger partial charge in [-0.05, 0) is 17.5 Å². The zero-order chi connectivity index (χ0) is 18.1. The first-order chi connectivity index (χ1) is 12.6. The minimum absolute atomic E-state index is 0.324. The summed E-state index contributed by atoms with van der Waals surface area (Å²) in [4.78, 5) is 26.1. The third-order valence-corrected chi connectivity index (χ3v) is 4.84. The van der Waals surface area contributed by atoms with Crippen molar-refractivity contribution in [2.75, 3.05) is 0 Å². The molecule has 2 heterocycles. The molecule has 6 nitrogen and oxygen atoms in total. The molecular weight excluding hydrogens is 334 g/mol. The number of morpholine rings is 1. The van der Waals surface area contributed by atoms with Gasteiger partial charge in [0.05, 0.1) is 6.04 Å². The molecule has 2 aliphatic heterocycles. The Morgan fingerprint density at radius 3 is 2.19 bits per heavy atom. The highest BCUT2D eigenvalue weighted by Crippen LogP contribution is 2.34. The Hall–Kier alpha value is -2.70. The van der Waals surface area contributed by atoms with Crippen LogP contribution in [0.2, 0.25) is 0 Å². The van der Waals surface area contributed by atoms with Crippen LogP contribution in [0.15, 0.2) is 60.7 Å². The number of carbonyl (C=O) groups is 2. The molecule has 2 fully saturated rings. The van der Waals surface area contributed by atoms with Crippen molar-refractivity contribution in [2.24, 2.45) is 0 Å². The SMILES string of the molecule is O=C(O)[C@@H]1O[C@@H]2O[C@@H]1[C@H](Cc1ccccc1)N(Cc1ccccc1)C2=O. The number of benzene rings is 2. The fraction of sp³-hybridized carbons (Fsp3) is 0.300. The largest absolute Gasteiger partial charge is 0.479 e. The molecule has 2 aliphatic rings. The lowest BCUT2D eigenvalue weighted by molar-refractivity contribution is -0.179. The van der Waals surface area contributed by atoms with Crippen molar-refractivity contribution in [3.8, 4) is 0 Å². The van der Waals surface area contributed by atoms with E-state index in [1.165, 1.54) is 0 Å². The summed E-state index contributed by atoms with van der Waals surface area (Å²) in [5, 5.41) is 9.47. The van der Waals surface area contributed by atoms with Crippen LogP contribution in [-0.2, 0) is 32.0 Å². The van der Waals surface area contributed by atoms with E-state index >= 15 is 0 Å². The molecule has 0 aromatic heterocycles. The highest BCUT2D eigenvalue weighted by atomic mass is 16.7. The number of carboxylic acid groups (broad SMARTS) is 1. The van der Waals surface area contributed by atoms with E-state index in [-0.39, 0.29) is 5.91 Å². The quantitative estimate of drug-likeness (QED) is 0.888. The Labute approximate surface area is 151 Å². The van der Waals surface area contributed by atoms with Gasteiger partial charge in [0, 0.05) is 6.54 Å². The molecule has 0 saturated carbocycles. The van der Waals surface area contributed by atoms with Gasteiger partial charge >= 0.3 is 5.97 Å². The summed E-state index contributed by atoms with van der Waals surface area (Å²) >= 11 is 0. The average molecular weight is 353 g/mol. The smallest absolute Gasteiger partial charge is 0.335 e. The molecule has 2 aromatic rings. The Bertz CT molecular complexity index is 794. The van der Waals surface area contributed by atoms with E-state index in [1.54, 1.807) is 4.90 Å². The molecule has 4 rings (SSSR count). The second-order valence-corrected chi connectivity index (χ2v) is 6.54. The summed E-state index contributed by atoms with van der Waals surface area (Å²) in [5.74, 6) is -1.43. The molecule has 2 bridgehead atoms. The number of hydrogen-bond acceptors (Lipinski definition) is 4. The number of amides is 1. The van der Waals surface area contributed by atoms with Crippen LogP contribution < -0.4 is 0 Å². The maximum atomic E-state index is 12.8. The Morgan fingerprint density at radius 1 is 0.962 bits per heavy atom. The third-order valence-electron chi connectivity index (χ3n) is 4.84. The summed E-state index contributed by atoms with van der Waals surface area (Å²) in [7, 11) is 0. The molecule has 0 radical (unpaired) electrons. The van der Waals surface area contributed by atoms with Gasteiger partial charge in [-0.15, -0.1) is 0 Å². The van der Waals surface area contributed by atoms with E-state index < -0.39 is 30.5 Å². The number of ether oxygens (including phenoxy) is 2. The van der Waals surface area contributed by atoms with E-state index in [9.17, 15) is 14.7 Å². The lowest BCUT2D eigenvalue weighted by atomic mass is 9.95. The predicted molar refractivity (Wildman–Crippen MR) is 92.1 cm³/mol. The first-order valence-electron chi connectivity index (χ1n) is 8.55. The maximum Gasteiger partial charge on any atom is 0.335 e. The Morgan fingerprint density at radius 2 is 1.58 bits per heavy atom. The van der Waals surface area contributed by atoms with Crippen molar-refractivity contribution in [3.63, 3.8) is 0 Å². The van der Waals surface area contributed by atoms with Crippen LogP contribution in [0.5, 0.6) is 0 Å². The van der Waals surface area contributed by atoms with Crippen molar-refractivity contribution >= 4 is 11.9 Å². The summed E-state index contributed by atoms with van der Waals surface area (Å²) in [6.45, 7) is 0.392. The highest BCUT2D eigenvalue weighted by Gasteiger charge is 2.55. The van der Waals surface area contributed by atoms with Crippen molar-refractivity contribution in [1.82, 2.24) is 4.90 Å². The molecular formula is C20H19NO5. The standard InChI is InChI=1S/C20H19NO5/c22-18-20-25-16(17(26-20)19(23)24)15(11-13-7-3-1-4-8-13)21(18)12-14-9-5-2-6-10-14/h1-10,15-17,20H,11-12H2,(H,23,24)/t15-,16+,17+,20-/m0/s1. The van der Waals surface area contributed by atoms with E-state index in [0.717, 1.165) is 11.1 Å². The van der Waals surface area contributed by atoms with Crippen LogP contribution in [0.25, 0.3) is 0 Å². The lowest BCUT2D eigenvalue weighted by Crippen LogP contribution is -2.57. The first kappa shape index (κ1) is 16.8. The van der Waals surface area contributed by atoms with Gasteiger partial charge in [0.25, 0.3) is 5.91 Å². The van der Waals surface area contributed by atoms with Gasteiger partial charge in [-0.2, -0.15) is 0 Å². The molecule has 4 atom stereocenters. The topological polar surface area (TPSA) is 76.1 Å². The van der Waals surface area contributed by atoms with Crippen molar-refractivity contribution < 1.29 is 24.2 Å². The zero-order valence-corrected chi connectivity index (χ0v) is 14.0. The normalized spacial score (nSPS) is 27.5. The van der Waals surface area contributed by atoms with E-state index in [2.05, 4.69) is 0 Å². The Kier molecular flexibility index (Phi) is 4.44. The van der Waals surface area contributed by atoms with Crippen LogP contribution >= 0.6 is 0 Å². The summed E-state index contributed by atoms with van der Waals surface area (Å²) in [6.07, 6.45) is -2.47. The van der Waals surface area contributed by atoms with Gasteiger partial charge in [0.15, 0.2) is 6.10 Å². The second-order valence-electron chi connectivity index (χ2n) is 6.54. The van der Waals surface area contributed by atoms with Gasteiger partial charge in [0.1, 0.15) is 6.10 Å². The molecule has 0 aliphatic carbocycles. The molecule has 134 valence electrons. The number of fused-ring (bicyclic) bond motifs is 2. The van der Waals surface area contributed by atoms with Crippen LogP contribution in [-0.4, -0.2) is 46.4 Å². The lowest BCUT2D eigenvalue weighted by Gasteiger charge is -2.39. The number of aliphatic carboxylic acids is 1. The summed E-state index contributed by atoms with van der Waals surface area (Å²) < 4.78 is 11.0. The predicted octanol–water partition coefficient (Wildman–Crippen LogP) is 1.83. The van der Waals surface area contributed by atoms with Crippen LogP contribution in [0.3, 0.4) is 0 Å². The van der Waals surface area contributed by atoms with Crippen LogP contribution in [0, 0.1) is 0 Å². The minimum atomic E-state index is -1.14. The number of carboxylic acids is 1. The highest BCUT2D eigenvalue weighted by molar-refractivity contribution is 5.84. The Balaban J connectivity index is 1.67. The molecule has 0 spiro atoms. The van der Waals surface area contributed by atoms with E-state index in [0.29, 0.717) is 13.0 Å². The monoisotopic (exact) mass is 353 g/mol. The number of nitrogens with zero attached hydrogens (tertiary/aromatic N) is 1. The van der Waals surface area contributed by atoms with Crippen LogP contribution in [0.4, 0.5) is 0 Å². The van der Waals surface area contributed by atoms with Gasteiger partial charge in [0.2, 0.25) is 6.29 Å². The average Bonchev–Trinajstić information content (AvgIpc) is 3.07. The minimum Gasteiger partial charge on any atom is -0.479 e. The fourth-order valence-corrected chi connectivity index (χ4v) is 3.60. The third kappa shape index (κ3) is 3.09. The van der Waals surface area contributed by atoms with E-state index in [4.69, 9.17) is 9.47 Å². The van der Waals surface area contributed by atoms with E-state index in [1.807, 2.05) is 60.7 Å². The van der Waals surface area contributed by atoms with Crippen molar-refractivity contribution in [1.29, 1.82) is 0 Å². The molecule has 1 amide bonds. The molecule has 26 heavy (non-hydrogen) atoms. The molecule has 1 N–H and O–H groups in total. The van der Waals surface area contributed by atoms with Crippen molar-refractivity contribution in [2.45, 2.75) is 37.5 Å². The second kappa shape index (κ2) is 6.90. The zero-order valence-electron chi connectivity index (χ0n) is 14.0. The number of rotatable bonds is 5. The molecule has 2 saturated heterocycles. The number of hydrogen-bond donors (Lipinski definition) is 1. The first-order valence-corrected chi connectivity index (χ1v) is 8.55. The molecule has 6 heteroatoms. The van der Waals surface area contributed by atoms with Gasteiger partial charge < -0.3 is 19.5 Å². The summed E-state index contributed by atoms with van der Waals surface area (Å²) in [6, 6.07) is 18.9. The fourth-order valence-electron chi connectivity index (χ4n) is 3.60. The van der Waals surface area contributed by atoms with Gasteiger partial charge in [-0.25, -0.2) is 4.79 Å². The van der Waals surface area contributed by atoms with Gasteiger partial charge in [-0.3, -0.25) is 4.79 Å². The number of carbonyl (C=O) groups excluding carboxylic acids is 1. The molecule has 2 aromatic carbocycles. The van der Waals surface area contributed by atoms with Crippen molar-refractivity contribution in [3.05, 3.63) is 71.8 Å². The van der Waals surface area contributed by atoms with Crippen LogP contribution in [0.1, 0.15) is 11.1 Å². The summed E-state index contributed by atoms with van der Waals surface area (Å²) in [5.41, 5.74) is 1.99. The van der Waals surface area contributed by atoms with Gasteiger partial charge in [-0.1, -0.05) is 60.7 Å². The molecule has 0 unspecified atom stereocenters.